The standard InChI is InChI=1S/C16H27N/c1-5-17-15-11-16(4,12(2)3)10-13-8-6-7-9-14(13)15/h7,9,12,15,17H,5-6,8,10-11H2,1-4H3. The molecule has 0 spiro atoms. The van der Waals surface area contributed by atoms with Crippen LogP contribution in [0.4, 0.5) is 0 Å². The summed E-state index contributed by atoms with van der Waals surface area (Å²) in [7, 11) is 0. The Morgan fingerprint density at radius 3 is 2.88 bits per heavy atom. The SMILES string of the molecule is CCNC1CC(C)(C(C)C)CC2=C1C=CCC2. The largest absolute Gasteiger partial charge is 0.310 e. The number of nitrogens with one attached hydrogen (secondary N) is 1. The molecular weight excluding hydrogens is 206 g/mol. The molecule has 0 aromatic carbocycles. The molecule has 2 atom stereocenters. The third-order valence-corrected chi connectivity index (χ3v) is 4.83. The molecule has 0 radical (unpaired) electrons. The van der Waals surface area contributed by atoms with Gasteiger partial charge in [-0.2, -0.15) is 0 Å². The van der Waals surface area contributed by atoms with Gasteiger partial charge in [-0.1, -0.05) is 45.4 Å². The second kappa shape index (κ2) is 4.97. The highest BCUT2D eigenvalue weighted by atomic mass is 14.9. The highest BCUT2D eigenvalue weighted by molar-refractivity contribution is 5.37. The lowest BCUT2D eigenvalue weighted by molar-refractivity contribution is 0.165. The van der Waals surface area contributed by atoms with E-state index in [1.807, 2.05) is 0 Å². The Bertz CT molecular complexity index is 337. The van der Waals surface area contributed by atoms with Crippen LogP contribution in [0.2, 0.25) is 0 Å². The molecule has 0 aliphatic heterocycles. The summed E-state index contributed by atoms with van der Waals surface area (Å²) in [6.45, 7) is 10.5. The van der Waals surface area contributed by atoms with Crippen molar-refractivity contribution in [1.29, 1.82) is 0 Å². The van der Waals surface area contributed by atoms with Crippen molar-refractivity contribution in [1.82, 2.24) is 5.32 Å². The van der Waals surface area contributed by atoms with Gasteiger partial charge in [0.15, 0.2) is 0 Å². The fourth-order valence-corrected chi connectivity index (χ4v) is 3.29. The third-order valence-electron chi connectivity index (χ3n) is 4.83. The summed E-state index contributed by atoms with van der Waals surface area (Å²) in [4.78, 5) is 0. The van der Waals surface area contributed by atoms with Crippen LogP contribution in [0, 0.1) is 11.3 Å². The molecule has 2 rings (SSSR count). The van der Waals surface area contributed by atoms with Crippen LogP contribution in [0.5, 0.6) is 0 Å². The second-order valence-corrected chi connectivity index (χ2v) is 6.30. The molecular formula is C16H27N. The van der Waals surface area contributed by atoms with Crippen molar-refractivity contribution in [3.8, 4) is 0 Å². The van der Waals surface area contributed by atoms with Crippen molar-refractivity contribution < 1.29 is 0 Å². The van der Waals surface area contributed by atoms with E-state index in [9.17, 15) is 0 Å². The molecule has 2 unspecified atom stereocenters. The molecule has 0 saturated heterocycles. The molecule has 0 bridgehead atoms. The predicted molar refractivity (Wildman–Crippen MR) is 75.0 cm³/mol. The second-order valence-electron chi connectivity index (χ2n) is 6.30. The monoisotopic (exact) mass is 233 g/mol. The molecule has 17 heavy (non-hydrogen) atoms. The first-order valence-corrected chi connectivity index (χ1v) is 7.18. The van der Waals surface area contributed by atoms with Gasteiger partial charge in [-0.05, 0) is 49.1 Å². The van der Waals surface area contributed by atoms with E-state index < -0.39 is 0 Å². The normalized spacial score (nSPS) is 33.1. The third kappa shape index (κ3) is 2.49. The average Bonchev–Trinajstić information content (AvgIpc) is 2.29. The zero-order chi connectivity index (χ0) is 12.5. The molecule has 1 N–H and O–H groups in total. The lowest BCUT2D eigenvalue weighted by atomic mass is 9.63. The first-order chi connectivity index (χ1) is 8.07. The fourth-order valence-electron chi connectivity index (χ4n) is 3.29. The van der Waals surface area contributed by atoms with Crippen LogP contribution >= 0.6 is 0 Å². The van der Waals surface area contributed by atoms with Gasteiger partial charge in [-0.3, -0.25) is 0 Å². The van der Waals surface area contributed by atoms with E-state index in [0.29, 0.717) is 11.5 Å². The molecule has 2 aliphatic carbocycles. The van der Waals surface area contributed by atoms with Gasteiger partial charge in [-0.25, -0.2) is 0 Å². The summed E-state index contributed by atoms with van der Waals surface area (Å²) >= 11 is 0. The predicted octanol–water partition coefficient (Wildman–Crippen LogP) is 4.07. The van der Waals surface area contributed by atoms with Crippen LogP contribution in [0.3, 0.4) is 0 Å². The number of rotatable bonds is 3. The maximum absolute atomic E-state index is 3.68. The molecule has 0 saturated carbocycles. The van der Waals surface area contributed by atoms with E-state index in [4.69, 9.17) is 0 Å². The number of hydrogen-bond donors (Lipinski definition) is 1. The Hall–Kier alpha value is -0.560. The molecule has 0 heterocycles. The van der Waals surface area contributed by atoms with Crippen molar-refractivity contribution in [2.75, 3.05) is 6.54 Å². The van der Waals surface area contributed by atoms with E-state index in [0.717, 1.165) is 12.5 Å². The molecule has 0 amide bonds. The minimum Gasteiger partial charge on any atom is -0.310 e. The quantitative estimate of drug-likeness (QED) is 0.775. The molecule has 1 heteroatoms. The Morgan fingerprint density at radius 2 is 2.24 bits per heavy atom. The highest BCUT2D eigenvalue weighted by Crippen LogP contribution is 2.46. The van der Waals surface area contributed by atoms with E-state index in [2.05, 4.69) is 45.2 Å². The maximum Gasteiger partial charge on any atom is 0.0324 e. The topological polar surface area (TPSA) is 12.0 Å². The van der Waals surface area contributed by atoms with Crippen molar-refractivity contribution in [2.45, 2.75) is 59.4 Å². The van der Waals surface area contributed by atoms with Gasteiger partial charge in [0.1, 0.15) is 0 Å². The van der Waals surface area contributed by atoms with E-state index in [1.165, 1.54) is 25.7 Å². The lowest BCUT2D eigenvalue weighted by Crippen LogP contribution is -2.42. The zero-order valence-corrected chi connectivity index (χ0v) is 11.8. The van der Waals surface area contributed by atoms with Crippen molar-refractivity contribution in [3.63, 3.8) is 0 Å². The highest BCUT2D eigenvalue weighted by Gasteiger charge is 2.38. The van der Waals surface area contributed by atoms with Crippen LogP contribution < -0.4 is 5.32 Å². The number of allylic oxidation sites excluding steroid dienone is 2. The number of hydrogen-bond acceptors (Lipinski definition) is 1. The minimum absolute atomic E-state index is 0.483. The summed E-state index contributed by atoms with van der Waals surface area (Å²) < 4.78 is 0. The lowest BCUT2D eigenvalue weighted by Gasteiger charge is -2.44. The van der Waals surface area contributed by atoms with Gasteiger partial charge >= 0.3 is 0 Å². The summed E-state index contributed by atoms with van der Waals surface area (Å²) in [5.41, 5.74) is 3.81. The summed E-state index contributed by atoms with van der Waals surface area (Å²) in [5.74, 6) is 0.767. The fraction of sp³-hybridized carbons (Fsp3) is 0.750. The smallest absolute Gasteiger partial charge is 0.0324 e. The van der Waals surface area contributed by atoms with Crippen LogP contribution in [-0.2, 0) is 0 Å². The molecule has 2 aliphatic rings. The van der Waals surface area contributed by atoms with Crippen molar-refractivity contribution in [3.05, 3.63) is 23.3 Å². The molecule has 1 nitrogen and oxygen atoms in total. The van der Waals surface area contributed by atoms with Crippen LogP contribution in [0.15, 0.2) is 23.3 Å². The maximum atomic E-state index is 3.68. The van der Waals surface area contributed by atoms with Crippen LogP contribution in [-0.4, -0.2) is 12.6 Å². The van der Waals surface area contributed by atoms with E-state index in [1.54, 1.807) is 11.1 Å². The van der Waals surface area contributed by atoms with Gasteiger partial charge in [-0.15, -0.1) is 0 Å². The summed E-state index contributed by atoms with van der Waals surface area (Å²) in [6.07, 6.45) is 9.86. The molecule has 0 aromatic heterocycles. The average molecular weight is 233 g/mol. The van der Waals surface area contributed by atoms with Crippen LogP contribution in [0.1, 0.15) is 53.4 Å². The Labute approximate surface area is 106 Å². The zero-order valence-electron chi connectivity index (χ0n) is 11.8. The molecule has 0 aromatic rings. The first kappa shape index (κ1) is 12.9. The molecule has 0 fully saturated rings. The van der Waals surface area contributed by atoms with Crippen molar-refractivity contribution in [2.24, 2.45) is 11.3 Å². The Kier molecular flexibility index (Phi) is 3.77. The first-order valence-electron chi connectivity index (χ1n) is 7.18. The van der Waals surface area contributed by atoms with Crippen molar-refractivity contribution >= 4 is 0 Å². The summed E-state index contributed by atoms with van der Waals surface area (Å²) in [6, 6.07) is 0.590. The number of likely N-dealkylation sites (N-methyl/N-ethyl adjacent to an activating group) is 1. The van der Waals surface area contributed by atoms with E-state index in [-0.39, 0.29) is 0 Å². The molecule has 96 valence electrons. The van der Waals surface area contributed by atoms with Gasteiger partial charge < -0.3 is 5.32 Å². The minimum atomic E-state index is 0.483. The van der Waals surface area contributed by atoms with Gasteiger partial charge in [0.2, 0.25) is 0 Å². The van der Waals surface area contributed by atoms with Gasteiger partial charge in [0, 0.05) is 6.04 Å². The van der Waals surface area contributed by atoms with Gasteiger partial charge in [0.05, 0.1) is 0 Å². The van der Waals surface area contributed by atoms with Gasteiger partial charge in [0.25, 0.3) is 0 Å². The summed E-state index contributed by atoms with van der Waals surface area (Å²) in [5, 5.41) is 3.68. The van der Waals surface area contributed by atoms with E-state index >= 15 is 0 Å². The van der Waals surface area contributed by atoms with Crippen LogP contribution in [0.25, 0.3) is 0 Å². The Balaban J connectivity index is 2.28. The Morgan fingerprint density at radius 1 is 1.47 bits per heavy atom.